The fraction of sp³-hybridized carbons (Fsp3) is 0.320. The summed E-state index contributed by atoms with van der Waals surface area (Å²) in [6.45, 7) is 5.56. The number of aromatic carboxylic acids is 1. The van der Waals surface area contributed by atoms with E-state index in [0.29, 0.717) is 15.5 Å². The Labute approximate surface area is 202 Å². The minimum absolute atomic E-state index is 0.0337. The molecule has 0 bridgehead atoms. The van der Waals surface area contributed by atoms with Crippen LogP contribution in [0.15, 0.2) is 42.5 Å². The highest BCUT2D eigenvalue weighted by molar-refractivity contribution is 7.17. The standard InChI is InChI=1S/C25H26ClN3O3S/c1-15-20(25(31)32)6-3-7-21(15)29-12-4-5-19(14-29)27-13-22(30)23-16(2)28-24(33-23)17-8-10-18(26)11-9-17/h3,6-11,19,27H,4-5,12-14H2,1-2H3,(H,31,32)/t19-/m0/s1. The van der Waals surface area contributed by atoms with E-state index in [9.17, 15) is 14.7 Å². The summed E-state index contributed by atoms with van der Waals surface area (Å²) < 4.78 is 0. The number of carboxylic acid groups (broad SMARTS) is 1. The lowest BCUT2D eigenvalue weighted by Crippen LogP contribution is -2.47. The van der Waals surface area contributed by atoms with Crippen molar-refractivity contribution in [3.8, 4) is 10.6 Å². The second-order valence-corrected chi connectivity index (χ2v) is 9.72. The molecule has 33 heavy (non-hydrogen) atoms. The lowest BCUT2D eigenvalue weighted by molar-refractivity contribution is 0.0696. The third-order valence-corrected chi connectivity index (χ3v) is 7.49. The predicted octanol–water partition coefficient (Wildman–Crippen LogP) is 5.22. The van der Waals surface area contributed by atoms with E-state index in [1.54, 1.807) is 12.1 Å². The van der Waals surface area contributed by atoms with Crippen molar-refractivity contribution in [2.24, 2.45) is 0 Å². The average molecular weight is 484 g/mol. The van der Waals surface area contributed by atoms with Gasteiger partial charge in [0.2, 0.25) is 0 Å². The summed E-state index contributed by atoms with van der Waals surface area (Å²) >= 11 is 7.38. The lowest BCUT2D eigenvalue weighted by Gasteiger charge is -2.36. The summed E-state index contributed by atoms with van der Waals surface area (Å²) in [4.78, 5) is 31.9. The molecule has 2 aromatic carbocycles. The topological polar surface area (TPSA) is 82.5 Å². The molecule has 1 atom stereocenters. The van der Waals surface area contributed by atoms with Crippen LogP contribution in [0.4, 0.5) is 5.69 Å². The number of thiazole rings is 1. The van der Waals surface area contributed by atoms with Crippen LogP contribution in [-0.2, 0) is 0 Å². The van der Waals surface area contributed by atoms with Crippen molar-refractivity contribution < 1.29 is 14.7 Å². The zero-order chi connectivity index (χ0) is 23.5. The number of nitrogens with zero attached hydrogens (tertiary/aromatic N) is 2. The number of piperidine rings is 1. The number of halogens is 1. The molecule has 0 radical (unpaired) electrons. The quantitative estimate of drug-likeness (QED) is 0.448. The van der Waals surface area contributed by atoms with Gasteiger partial charge >= 0.3 is 5.97 Å². The van der Waals surface area contributed by atoms with Gasteiger partial charge in [0.1, 0.15) is 5.01 Å². The molecule has 1 aromatic heterocycles. The normalized spacial score (nSPS) is 16.1. The van der Waals surface area contributed by atoms with E-state index >= 15 is 0 Å². The Morgan fingerprint density at radius 3 is 2.70 bits per heavy atom. The Balaban J connectivity index is 1.40. The second kappa shape index (κ2) is 10.0. The molecule has 8 heteroatoms. The van der Waals surface area contributed by atoms with Crippen LogP contribution in [-0.4, -0.2) is 47.5 Å². The summed E-state index contributed by atoms with van der Waals surface area (Å²) in [7, 11) is 0. The third-order valence-electron chi connectivity index (χ3n) is 5.99. The number of rotatable bonds is 7. The number of hydrogen-bond donors (Lipinski definition) is 2. The highest BCUT2D eigenvalue weighted by Gasteiger charge is 2.24. The maximum Gasteiger partial charge on any atom is 0.336 e. The molecule has 1 aliphatic rings. The fourth-order valence-corrected chi connectivity index (χ4v) is 5.38. The molecule has 6 nitrogen and oxygen atoms in total. The Hall–Kier alpha value is -2.74. The third kappa shape index (κ3) is 5.27. The molecule has 0 saturated carbocycles. The van der Waals surface area contributed by atoms with Crippen molar-refractivity contribution in [3.63, 3.8) is 0 Å². The van der Waals surface area contributed by atoms with Gasteiger partial charge in [0.25, 0.3) is 0 Å². The molecular weight excluding hydrogens is 458 g/mol. The number of hydrogen-bond acceptors (Lipinski definition) is 6. The van der Waals surface area contributed by atoms with E-state index in [4.69, 9.17) is 11.6 Å². The number of ketones is 1. The van der Waals surface area contributed by atoms with Crippen LogP contribution in [0.1, 0.15) is 44.1 Å². The van der Waals surface area contributed by atoms with Gasteiger partial charge in [-0.2, -0.15) is 0 Å². The minimum atomic E-state index is -0.912. The van der Waals surface area contributed by atoms with Gasteiger partial charge in [-0.15, -0.1) is 11.3 Å². The van der Waals surface area contributed by atoms with Crippen LogP contribution in [0.2, 0.25) is 5.02 Å². The molecule has 0 spiro atoms. The van der Waals surface area contributed by atoms with Crippen molar-refractivity contribution in [2.75, 3.05) is 24.5 Å². The fourth-order valence-electron chi connectivity index (χ4n) is 4.25. The number of aryl methyl sites for hydroxylation is 1. The van der Waals surface area contributed by atoms with Crippen LogP contribution >= 0.6 is 22.9 Å². The molecule has 1 aliphatic heterocycles. The van der Waals surface area contributed by atoms with E-state index in [1.807, 2.05) is 44.2 Å². The molecule has 172 valence electrons. The van der Waals surface area contributed by atoms with Crippen molar-refractivity contribution in [3.05, 3.63) is 69.2 Å². The zero-order valence-electron chi connectivity index (χ0n) is 18.6. The molecule has 2 N–H and O–H groups in total. The van der Waals surface area contributed by atoms with Crippen LogP contribution in [0.3, 0.4) is 0 Å². The van der Waals surface area contributed by atoms with Crippen LogP contribution in [0.5, 0.6) is 0 Å². The van der Waals surface area contributed by atoms with Crippen LogP contribution < -0.4 is 10.2 Å². The summed E-state index contributed by atoms with van der Waals surface area (Å²) in [6.07, 6.45) is 1.95. The maximum absolute atomic E-state index is 12.9. The Bertz CT molecular complexity index is 1180. The number of nitrogens with one attached hydrogen (secondary N) is 1. The summed E-state index contributed by atoms with van der Waals surface area (Å²) in [5.41, 5.74) is 3.73. The van der Waals surface area contributed by atoms with Crippen molar-refractivity contribution >= 4 is 40.4 Å². The molecule has 4 rings (SSSR count). The Morgan fingerprint density at radius 2 is 1.97 bits per heavy atom. The number of carbonyl (C=O) groups excluding carboxylic acids is 1. The molecule has 3 aromatic rings. The van der Waals surface area contributed by atoms with Gasteiger partial charge < -0.3 is 15.3 Å². The number of carbonyl (C=O) groups is 2. The molecule has 2 heterocycles. The first-order chi connectivity index (χ1) is 15.8. The molecule has 1 saturated heterocycles. The van der Waals surface area contributed by atoms with Gasteiger partial charge in [-0.1, -0.05) is 29.8 Å². The lowest BCUT2D eigenvalue weighted by atomic mass is 10.0. The Morgan fingerprint density at radius 1 is 1.21 bits per heavy atom. The van der Waals surface area contributed by atoms with Gasteiger partial charge in [-0.05, 0) is 56.5 Å². The zero-order valence-corrected chi connectivity index (χ0v) is 20.2. The average Bonchev–Trinajstić information content (AvgIpc) is 3.19. The second-order valence-electron chi connectivity index (χ2n) is 8.28. The molecule has 0 amide bonds. The first kappa shape index (κ1) is 23.4. The summed E-state index contributed by atoms with van der Waals surface area (Å²) in [6, 6.07) is 13.0. The van der Waals surface area contributed by atoms with E-state index in [1.165, 1.54) is 11.3 Å². The van der Waals surface area contributed by atoms with Gasteiger partial charge in [0.05, 0.1) is 22.7 Å². The molecule has 1 fully saturated rings. The number of aromatic nitrogens is 1. The van der Waals surface area contributed by atoms with E-state index in [2.05, 4.69) is 15.2 Å². The first-order valence-electron chi connectivity index (χ1n) is 10.9. The highest BCUT2D eigenvalue weighted by Crippen LogP contribution is 2.29. The van der Waals surface area contributed by atoms with Crippen LogP contribution in [0, 0.1) is 13.8 Å². The summed E-state index contributed by atoms with van der Waals surface area (Å²) in [5.74, 6) is -0.879. The highest BCUT2D eigenvalue weighted by atomic mass is 35.5. The first-order valence-corrected chi connectivity index (χ1v) is 12.1. The van der Waals surface area contributed by atoms with E-state index in [0.717, 1.165) is 53.4 Å². The number of Topliss-reactive ketones (excluding diaryl/α,β-unsaturated/α-hetero) is 1. The van der Waals surface area contributed by atoms with Gasteiger partial charge in [0.15, 0.2) is 5.78 Å². The molecule has 0 aliphatic carbocycles. The van der Waals surface area contributed by atoms with Crippen molar-refractivity contribution in [1.29, 1.82) is 0 Å². The van der Waals surface area contributed by atoms with Crippen molar-refractivity contribution in [1.82, 2.24) is 10.3 Å². The van der Waals surface area contributed by atoms with E-state index < -0.39 is 5.97 Å². The van der Waals surface area contributed by atoms with E-state index in [-0.39, 0.29) is 18.4 Å². The number of benzene rings is 2. The van der Waals surface area contributed by atoms with Gasteiger partial charge in [-0.25, -0.2) is 9.78 Å². The molecule has 0 unspecified atom stereocenters. The minimum Gasteiger partial charge on any atom is -0.478 e. The number of carboxylic acids is 1. The largest absolute Gasteiger partial charge is 0.478 e. The van der Waals surface area contributed by atoms with Crippen LogP contribution in [0.25, 0.3) is 10.6 Å². The van der Waals surface area contributed by atoms with Gasteiger partial charge in [-0.3, -0.25) is 4.79 Å². The van der Waals surface area contributed by atoms with Crippen molar-refractivity contribution in [2.45, 2.75) is 32.7 Å². The van der Waals surface area contributed by atoms with Gasteiger partial charge in [0, 0.05) is 35.4 Å². The predicted molar refractivity (Wildman–Crippen MR) is 133 cm³/mol. The molecular formula is C25H26ClN3O3S. The smallest absolute Gasteiger partial charge is 0.336 e. The number of anilines is 1. The maximum atomic E-state index is 12.9. The SMILES string of the molecule is Cc1nc(-c2ccc(Cl)cc2)sc1C(=O)CN[C@H]1CCCN(c2cccc(C(=O)O)c2C)C1. The summed E-state index contributed by atoms with van der Waals surface area (Å²) in [5, 5.41) is 14.3. The monoisotopic (exact) mass is 483 g/mol. The Kier molecular flexibility index (Phi) is 7.12.